The minimum Gasteiger partial charge on any atom is -0.303 e. The lowest BCUT2D eigenvalue weighted by molar-refractivity contribution is 0.0929. The molecule has 0 aliphatic heterocycles. The van der Waals surface area contributed by atoms with Gasteiger partial charge in [0.1, 0.15) is 0 Å². The summed E-state index contributed by atoms with van der Waals surface area (Å²) in [4.78, 5) is 103. The summed E-state index contributed by atoms with van der Waals surface area (Å²) >= 11 is 46.0. The van der Waals surface area contributed by atoms with Crippen LogP contribution in [0.5, 0.6) is 0 Å². The van der Waals surface area contributed by atoms with Gasteiger partial charge in [-0.1, -0.05) is 190 Å². The Labute approximate surface area is 929 Å². The molecule has 0 aliphatic rings. The zero-order valence-corrected chi connectivity index (χ0v) is 75.1. The third-order valence-electron chi connectivity index (χ3n) is 12.9. The lowest BCUT2D eigenvalue weighted by Crippen LogP contribution is -2.46. The first kappa shape index (κ1) is 40.3. The van der Waals surface area contributed by atoms with Gasteiger partial charge >= 0.3 is 0 Å². The Kier molecular flexibility index (Phi) is 17.1. The first-order valence-corrected chi connectivity index (χ1v) is 38.2. The molecular formula is C104H144Cl8N8O8. The van der Waals surface area contributed by atoms with Crippen molar-refractivity contribution in [2.24, 2.45) is 0 Å². The summed E-state index contributed by atoms with van der Waals surface area (Å²) in [6.45, 7) is -61.2. The summed E-state index contributed by atoms with van der Waals surface area (Å²) in [5, 5.41) is 12.9. The van der Waals surface area contributed by atoms with Crippen LogP contribution in [0.1, 0.15) is 422 Å². The third-order valence-corrected chi connectivity index (χ3v) is 14.6. The molecule has 8 rings (SSSR count). The molecule has 0 fully saturated rings. The Hall–Kier alpha value is -6.88. The Morgan fingerprint density at radius 3 is 0.617 bits per heavy atom. The van der Waals surface area contributed by atoms with Crippen LogP contribution in [0, 0.1) is 0 Å². The average molecular weight is 2010 g/mol. The molecule has 0 aromatic heterocycles. The second-order valence-electron chi connectivity index (χ2n) is 28.2. The maximum absolute atomic E-state index is 13.2. The van der Waals surface area contributed by atoms with Gasteiger partial charge in [-0.3, -0.25) is 38.4 Å². The number of hydrogen-bond donors (Lipinski definition) is 8. The number of halogens is 8. The number of benzene rings is 8. The van der Waals surface area contributed by atoms with E-state index in [1.807, 2.05) is 10.6 Å². The molecule has 0 radical (unpaired) electrons. The van der Waals surface area contributed by atoms with Crippen molar-refractivity contribution in [1.29, 1.82) is 0 Å². The van der Waals surface area contributed by atoms with Gasteiger partial charge in [0.15, 0.2) is 46.3 Å². The number of carbonyl (C=O) groups excluding carboxylic acids is 8. The van der Waals surface area contributed by atoms with E-state index in [2.05, 4.69) is 16.0 Å². The van der Waals surface area contributed by atoms with Crippen LogP contribution >= 0.6 is 92.8 Å². The second-order valence-corrected chi connectivity index (χ2v) is 31.4. The van der Waals surface area contributed by atoms with Crippen molar-refractivity contribution in [2.45, 2.75) is 313 Å². The fourth-order valence-corrected chi connectivity index (χ4v) is 9.59. The first-order valence-electron chi connectivity index (χ1n) is 78.7. The van der Waals surface area contributed by atoms with Crippen molar-refractivity contribution in [3.05, 3.63) is 278 Å². The molecule has 3 unspecified atom stereocenters. The fourth-order valence-electron chi connectivity index (χ4n) is 8.27. The van der Waals surface area contributed by atoms with E-state index in [1.165, 1.54) is 116 Å². The molecule has 0 bridgehead atoms. The minimum absolute atomic E-state index is 0.0162. The maximum Gasteiger partial charge on any atom is 0.179 e. The number of ketones is 8. The zero-order valence-electron chi connectivity index (χ0n) is 156. The minimum atomic E-state index is -4.12. The molecule has 0 saturated carbocycles. The first-order chi connectivity index (χ1) is 93.9. The quantitative estimate of drug-likeness (QED) is 0.0263. The van der Waals surface area contributed by atoms with Crippen molar-refractivity contribution >= 4 is 139 Å². The van der Waals surface area contributed by atoms with Crippen LogP contribution < -0.4 is 42.5 Å². The highest BCUT2D eigenvalue weighted by Gasteiger charge is 2.28. The van der Waals surface area contributed by atoms with E-state index in [0.717, 1.165) is 32.0 Å². The van der Waals surface area contributed by atoms with E-state index in [9.17, 15) is 38.4 Å². The van der Waals surface area contributed by atoms with Gasteiger partial charge in [0.05, 0.1) is 81.0 Å². The van der Waals surface area contributed by atoms with Gasteiger partial charge < -0.3 is 42.5 Å². The van der Waals surface area contributed by atoms with Crippen LogP contribution in [-0.4, -0.2) is 139 Å². The molecule has 8 aromatic rings. The predicted molar refractivity (Wildman–Crippen MR) is 545 cm³/mol. The lowest BCUT2D eigenvalue weighted by atomic mass is 10.0. The topological polar surface area (TPSA) is 233 Å². The van der Waals surface area contributed by atoms with Crippen molar-refractivity contribution in [1.82, 2.24) is 42.5 Å². The molecule has 0 amide bonds. The molecule has 0 spiro atoms. The number of hydrogen-bond acceptors (Lipinski definition) is 16. The van der Waals surface area contributed by atoms with Crippen LogP contribution in [0.25, 0.3) is 0 Å². The molecule has 8 aromatic carbocycles. The molecule has 8 N–H and O–H groups in total. The predicted octanol–water partition coefficient (Wildman–Crippen LogP) is 26.4. The molecule has 704 valence electrons. The van der Waals surface area contributed by atoms with Gasteiger partial charge in [-0.15, -0.1) is 0 Å². The SMILES string of the molecule is [2H]C(C)(NC(C([2H])([2H])[2H])(C([2H])([2H])[2H])C([2H])([2H])[2H])C(=O)c1cccc(Cl)c1.[2H]C([2H])([2H])C(C)(C)N[C@]([2H])(C(=O)c1cccc(Cl)c1)C([2H])([2H])[2H].[2H]C([2H])([2H])C(C)(N[C@]([2H])(C(=O)c1cccc(Cl)c1)C([2H])([2H])[2H])C([2H])([2H])[2H].[2H]C([2H])([2H])C(N[C@]([2H])(C(=O)c1cccc(Cl)c1)C([2H])([2H])[2H])(C([2H])([2H])[2H])C([2H])([2H])[2H].[2H]c1c([2H])c(Cl)c([2H])c(C(=O)C([2H])(C)NC(C)(C)C)c1[2H].[2H]c1c([2H])c(Cl)c([2H])c(C(=O)C([2H])(NC(C([2H])([2H])[2H])(C([2H])([2H])[2H])C([2H])([2H])[2H])C([2H])([2H])[2H])c1[2H].[2H]c1c([2H])c(Cl)c([2H])c(C(=O)[C@@]([2H])(NC(C([2H])([2H])[2H])(C([2H])([2H])[2H])C([2H])([2H])[2H])C([2H])([2H])[2H])c1[2H].[2H]c1c([2H])c(Cl)c([2H])c(C(=O)[C@@]([2H])(NC(C)(C)C)C([2H])([2H])[2H])c1[2H]. The number of nitrogens with one attached hydrogen (secondary N) is 8. The second kappa shape index (κ2) is 54.3. The van der Waals surface area contributed by atoms with Gasteiger partial charge in [0, 0.05) is 215 Å². The van der Waals surface area contributed by atoms with Gasteiger partial charge in [0.25, 0.3) is 0 Å². The van der Waals surface area contributed by atoms with E-state index >= 15 is 0 Å². The van der Waals surface area contributed by atoms with E-state index in [4.69, 9.17) is 212 Å². The third kappa shape index (κ3) is 53.0. The average Bonchev–Trinajstić information content (AvgIpc) is 0.694. The Morgan fingerprint density at radius 1 is 0.242 bits per heavy atom. The van der Waals surface area contributed by atoms with Gasteiger partial charge in [-0.05, 0) is 317 Å². The van der Waals surface area contributed by atoms with E-state index in [1.54, 1.807) is 41.5 Å². The summed E-state index contributed by atoms with van der Waals surface area (Å²) < 4.78 is 666. The molecule has 24 heteroatoms. The monoisotopic (exact) mass is 2000 g/mol. The smallest absolute Gasteiger partial charge is 0.179 e. The van der Waals surface area contributed by atoms with Crippen LogP contribution in [0.3, 0.4) is 0 Å². The summed E-state index contributed by atoms with van der Waals surface area (Å²) in [6.07, 6.45) is 0. The summed E-state index contributed by atoms with van der Waals surface area (Å²) in [5.74, 6) is -11.4. The Balaban J connectivity index is 0.00000123. The van der Waals surface area contributed by atoms with Gasteiger partial charge in [-0.25, -0.2) is 0 Å². The molecule has 0 heterocycles. The van der Waals surface area contributed by atoms with Crippen molar-refractivity contribution in [2.75, 3.05) is 0 Å². The molecule has 0 saturated heterocycles. The zero-order chi connectivity index (χ0) is 173. The van der Waals surface area contributed by atoms with E-state index < -0.39 is 422 Å². The summed E-state index contributed by atoms with van der Waals surface area (Å²) in [6, 6.07) is -17.7. The maximum atomic E-state index is 13.2. The van der Waals surface area contributed by atoms with Crippen LogP contribution in [0.2, 0.25) is 40.2 Å². The summed E-state index contributed by atoms with van der Waals surface area (Å²) in [5.41, 5.74) is -26.4. The number of carbonyl (C=O) groups is 8. The number of Topliss-reactive ketones (excluding diaryl/α,β-unsaturated/α-hetero) is 8. The molecule has 0 aliphatic carbocycles. The molecule has 8 atom stereocenters. The molecular weight excluding hydrogens is 1770 g/mol. The van der Waals surface area contributed by atoms with E-state index in [-0.39, 0.29) is 41.8 Å². The highest BCUT2D eigenvalue weighted by molar-refractivity contribution is 6.33. The summed E-state index contributed by atoms with van der Waals surface area (Å²) in [7, 11) is 0. The fraction of sp³-hybridized carbons (Fsp3) is 0.462. The van der Waals surface area contributed by atoms with Gasteiger partial charge in [-0.2, -0.15) is 0 Å². The van der Waals surface area contributed by atoms with Crippen LogP contribution in [0.4, 0.5) is 0 Å². The van der Waals surface area contributed by atoms with Crippen molar-refractivity contribution in [3.8, 4) is 0 Å². The molecule has 128 heavy (non-hydrogen) atoms. The van der Waals surface area contributed by atoms with Crippen LogP contribution in [-0.2, 0) is 0 Å². The van der Waals surface area contributed by atoms with Crippen LogP contribution in [0.15, 0.2) is 194 Å². The van der Waals surface area contributed by atoms with Gasteiger partial charge in [0.2, 0.25) is 0 Å². The largest absolute Gasteiger partial charge is 0.303 e. The van der Waals surface area contributed by atoms with E-state index in [0.29, 0.717) is 0 Å². The Morgan fingerprint density at radius 2 is 0.414 bits per heavy atom. The Bertz CT molecular complexity index is 8440. The molecule has 16 nitrogen and oxygen atoms in total. The lowest BCUT2D eigenvalue weighted by Gasteiger charge is -2.25. The van der Waals surface area contributed by atoms with Crippen molar-refractivity contribution in [3.63, 3.8) is 0 Å². The standard InChI is InChI=1S/8C13H18ClNO/c8*1-9(15-13(2,3)4)12(16)10-6-5-7-11(14)8-10/h8*5-9,15H,1-4H3/t5*9-;;;/m00000.../s1/i1D3,2D3,3D3,4D3,5D,6D,7D,8D,9D;1D3,5D,6D,7D,8D,9D;1D3,2D3,3D3,4D3,9D;1D3,2D3,3D3,9D;1D3,2D3,9D;1D3,2D3,3D3,4D3,5D,6D,7D,8D,9D;5D,6D,7D,8D,9D;2D3,3D3,4D3,9D. The normalized spacial score (nSPS) is 27.5. The van der Waals surface area contributed by atoms with Crippen molar-refractivity contribution < 1.29 is 158 Å². The number of rotatable bonds is 24. The highest BCUT2D eigenvalue weighted by Crippen LogP contribution is 2.23. The highest BCUT2D eigenvalue weighted by atomic mass is 35.5.